The number of carbonyl (C=O) groups is 6. The highest BCUT2D eigenvalue weighted by Gasteiger charge is 2.29. The van der Waals surface area contributed by atoms with E-state index in [1.807, 2.05) is 0 Å². The third kappa shape index (κ3) is 29.8. The van der Waals surface area contributed by atoms with Gasteiger partial charge in [-0.25, -0.2) is 0 Å². The van der Waals surface area contributed by atoms with Crippen molar-refractivity contribution in [3.63, 3.8) is 0 Å². The summed E-state index contributed by atoms with van der Waals surface area (Å²) < 4.78 is 33.7. The number of rotatable bonds is 21. The van der Waals surface area contributed by atoms with Gasteiger partial charge in [-0.2, -0.15) is 0 Å². The van der Waals surface area contributed by atoms with Crippen LogP contribution in [0.15, 0.2) is 0 Å². The normalized spacial score (nSPS) is 16.7. The minimum atomic E-state index is -3.44. The maximum Gasteiger partial charge on any atom is 0.307 e. The molecule has 0 radical (unpaired) electrons. The summed E-state index contributed by atoms with van der Waals surface area (Å²) >= 11 is 0. The zero-order chi connectivity index (χ0) is 36.2. The molecule has 0 aliphatic carbocycles. The SMILES string of the molecule is CCCP(=O)(O)CC(CCC(=O)O)C(=O)O.CCP(=O)(O)CC(CCC(=O)O)C(=O)O.CP(=O)(O)CC(CCC(=O)O)C(=O)O. The van der Waals surface area contributed by atoms with Crippen molar-refractivity contribution < 1.29 is 87.8 Å². The first-order chi connectivity index (χ1) is 20.3. The van der Waals surface area contributed by atoms with Crippen LogP contribution in [0.2, 0.25) is 0 Å². The van der Waals surface area contributed by atoms with Gasteiger partial charge in [0.1, 0.15) is 0 Å². The van der Waals surface area contributed by atoms with Gasteiger partial charge in [0.05, 0.1) is 17.8 Å². The Morgan fingerprint density at radius 1 is 0.533 bits per heavy atom. The Morgan fingerprint density at radius 3 is 1.04 bits per heavy atom. The second kappa shape index (κ2) is 22.8. The second-order valence-electron chi connectivity index (χ2n) is 10.2. The van der Waals surface area contributed by atoms with Crippen molar-refractivity contribution in [3.05, 3.63) is 0 Å². The average Bonchev–Trinajstić information content (AvgIpc) is 2.86. The van der Waals surface area contributed by atoms with Crippen LogP contribution in [0.25, 0.3) is 0 Å². The highest BCUT2D eigenvalue weighted by molar-refractivity contribution is 7.58. The number of carboxylic acid groups (broad SMARTS) is 6. The van der Waals surface area contributed by atoms with Crippen molar-refractivity contribution in [3.8, 4) is 0 Å². The fraction of sp³-hybridized carbons (Fsp3) is 0.750. The Bertz CT molecular complexity index is 1130. The lowest BCUT2D eigenvalue weighted by Gasteiger charge is -2.15. The molecule has 6 atom stereocenters. The van der Waals surface area contributed by atoms with Gasteiger partial charge < -0.3 is 45.3 Å². The third-order valence-electron chi connectivity index (χ3n) is 5.81. The summed E-state index contributed by atoms with van der Waals surface area (Å²) in [4.78, 5) is 90.4. The largest absolute Gasteiger partial charge is 0.481 e. The first-order valence-electron chi connectivity index (χ1n) is 13.5. The molecule has 18 nitrogen and oxygen atoms in total. The van der Waals surface area contributed by atoms with E-state index in [1.165, 1.54) is 6.92 Å². The predicted molar refractivity (Wildman–Crippen MR) is 160 cm³/mol. The lowest BCUT2D eigenvalue weighted by atomic mass is 10.1. The molecule has 6 unspecified atom stereocenters. The smallest absolute Gasteiger partial charge is 0.307 e. The van der Waals surface area contributed by atoms with Crippen molar-refractivity contribution in [2.75, 3.05) is 37.5 Å². The van der Waals surface area contributed by atoms with Crippen LogP contribution in [0.3, 0.4) is 0 Å². The topological polar surface area (TPSA) is 336 Å². The molecule has 0 aromatic carbocycles. The number of hydrogen-bond acceptors (Lipinski definition) is 9. The lowest BCUT2D eigenvalue weighted by molar-refractivity contribution is -0.144. The van der Waals surface area contributed by atoms with Crippen LogP contribution in [0.5, 0.6) is 0 Å². The number of carboxylic acids is 6. The van der Waals surface area contributed by atoms with Crippen molar-refractivity contribution in [2.24, 2.45) is 17.8 Å². The van der Waals surface area contributed by atoms with Crippen LogP contribution < -0.4 is 0 Å². The van der Waals surface area contributed by atoms with Gasteiger partial charge >= 0.3 is 35.8 Å². The van der Waals surface area contributed by atoms with E-state index in [-0.39, 0.29) is 69.3 Å². The molecule has 0 spiro atoms. The molecule has 45 heavy (non-hydrogen) atoms. The third-order valence-corrected chi connectivity index (χ3v) is 11.1. The van der Waals surface area contributed by atoms with Crippen LogP contribution >= 0.6 is 22.1 Å². The molecule has 0 aliphatic heterocycles. The van der Waals surface area contributed by atoms with Gasteiger partial charge in [-0.05, 0) is 25.7 Å². The van der Waals surface area contributed by atoms with Crippen molar-refractivity contribution in [2.45, 2.75) is 58.8 Å². The summed E-state index contributed by atoms with van der Waals surface area (Å²) in [6.45, 7) is 4.29. The molecular formula is C24H45O18P3. The summed E-state index contributed by atoms with van der Waals surface area (Å²) in [5.74, 6) is -10.2. The van der Waals surface area contributed by atoms with Gasteiger partial charge in [-0.1, -0.05) is 13.8 Å². The van der Waals surface area contributed by atoms with Gasteiger partial charge in [0.25, 0.3) is 0 Å². The van der Waals surface area contributed by atoms with Gasteiger partial charge in [0, 0.05) is 56.7 Å². The highest BCUT2D eigenvalue weighted by atomic mass is 31.2. The minimum Gasteiger partial charge on any atom is -0.481 e. The van der Waals surface area contributed by atoms with E-state index in [1.54, 1.807) is 6.92 Å². The Balaban J connectivity index is -0.000000589. The van der Waals surface area contributed by atoms with E-state index < -0.39 is 75.7 Å². The minimum absolute atomic E-state index is 0.00382. The van der Waals surface area contributed by atoms with E-state index >= 15 is 0 Å². The quantitative estimate of drug-likeness (QED) is 0.0771. The van der Waals surface area contributed by atoms with Crippen LogP contribution in [0.4, 0.5) is 0 Å². The Hall–Kier alpha value is -2.61. The fourth-order valence-electron chi connectivity index (χ4n) is 3.44. The number of hydrogen-bond donors (Lipinski definition) is 9. The summed E-state index contributed by atoms with van der Waals surface area (Å²) in [7, 11) is -10.3. The van der Waals surface area contributed by atoms with Crippen LogP contribution in [0, 0.1) is 17.8 Å². The number of aliphatic carboxylic acids is 6. The maximum atomic E-state index is 11.5. The molecule has 264 valence electrons. The molecule has 0 aliphatic rings. The second-order valence-corrected chi connectivity index (χ2v) is 17.9. The Kier molecular flexibility index (Phi) is 23.7. The first-order valence-corrected chi connectivity index (χ1v) is 19.9. The van der Waals surface area contributed by atoms with E-state index in [4.69, 9.17) is 35.5 Å². The fourth-order valence-corrected chi connectivity index (χ4v) is 7.79. The standard InChI is InChI=1S/C9H17O6P.C8H15O6P.C7H13O6P/c1-2-5-16(14,15)6-7(9(12)13)3-4-8(10)11;1-2-15(13,14)5-6(8(11)12)3-4-7(9)10;1-14(12,13)4-5(7(10)11)2-3-6(8)9/h7H,2-6H2,1H3,(H,10,11)(H,12,13)(H,14,15);6H,2-5H2,1H3,(H,9,10)(H,11,12)(H,13,14);5H,2-4H2,1H3,(H,8,9)(H,10,11)(H,12,13). The van der Waals surface area contributed by atoms with E-state index in [0.29, 0.717) is 6.42 Å². The molecule has 9 N–H and O–H groups in total. The summed E-state index contributed by atoms with van der Waals surface area (Å²) in [6.07, 6.45) is -1.77. The van der Waals surface area contributed by atoms with Gasteiger partial charge in [-0.3, -0.25) is 42.5 Å². The van der Waals surface area contributed by atoms with Crippen LogP contribution in [-0.4, -0.2) is 119 Å². The monoisotopic (exact) mass is 714 g/mol. The van der Waals surface area contributed by atoms with Crippen molar-refractivity contribution in [1.29, 1.82) is 0 Å². The molecule has 0 bridgehead atoms. The zero-order valence-corrected chi connectivity index (χ0v) is 27.9. The van der Waals surface area contributed by atoms with Crippen molar-refractivity contribution in [1.82, 2.24) is 0 Å². The molecule has 0 heterocycles. The van der Waals surface area contributed by atoms with Crippen molar-refractivity contribution >= 4 is 57.9 Å². The maximum absolute atomic E-state index is 11.5. The summed E-state index contributed by atoms with van der Waals surface area (Å²) in [5.41, 5.74) is 0. The molecule has 0 amide bonds. The van der Waals surface area contributed by atoms with E-state index in [0.717, 1.165) is 6.66 Å². The molecule has 21 heteroatoms. The lowest BCUT2D eigenvalue weighted by Crippen LogP contribution is -2.20. The van der Waals surface area contributed by atoms with Gasteiger partial charge in [-0.15, -0.1) is 0 Å². The Labute approximate surface area is 259 Å². The van der Waals surface area contributed by atoms with Gasteiger partial charge in [0.2, 0.25) is 14.7 Å². The van der Waals surface area contributed by atoms with Crippen LogP contribution in [0.1, 0.15) is 58.8 Å². The average molecular weight is 715 g/mol. The molecule has 0 aromatic heterocycles. The predicted octanol–water partition coefficient (Wildman–Crippen LogP) is 2.53. The van der Waals surface area contributed by atoms with Crippen LogP contribution in [-0.2, 0) is 42.5 Å². The molecule has 0 saturated heterocycles. The van der Waals surface area contributed by atoms with Gasteiger partial charge in [0.15, 0.2) is 7.37 Å². The van der Waals surface area contributed by atoms with E-state index in [9.17, 15) is 52.2 Å². The molecule has 0 aromatic rings. The molecule has 0 rings (SSSR count). The first kappa shape index (κ1) is 46.8. The molecule has 0 saturated carbocycles. The summed E-state index contributed by atoms with van der Waals surface area (Å²) in [6, 6.07) is 0. The Morgan fingerprint density at radius 2 is 0.822 bits per heavy atom. The zero-order valence-electron chi connectivity index (χ0n) is 25.3. The molecular weight excluding hydrogens is 669 g/mol. The summed E-state index contributed by atoms with van der Waals surface area (Å²) in [5, 5.41) is 51.3. The highest BCUT2D eigenvalue weighted by Crippen LogP contribution is 2.44. The van der Waals surface area contributed by atoms with E-state index in [2.05, 4.69) is 0 Å². The molecule has 0 fully saturated rings.